The average molecular weight is 670 g/mol. The molecule has 256 valence electrons. The van der Waals surface area contributed by atoms with E-state index in [-0.39, 0.29) is 29.2 Å². The standard InChI is InChI=1S/C34H38F3N5O6/c1-17(46-24-12-13-38-29-22(24)9-11-25(43)40-29)8-10-23-18(2)26-27(28(26)47-23)41-30(44)39-21-15-19(14-20(16-21)34(35,36)37)33(6,7)42-31(45)48-32(3,4)5/h8,10,12-16,26-28H,2,9,11H2,1,3-7H3,(H,42,45)(H,38,40,43)(H2,39,41,44)/b17-8+,23-10+/t26-,27-,28-/m0/s1. The number of hydrogen-bond acceptors (Lipinski definition) is 7. The van der Waals surface area contributed by atoms with Crippen molar-refractivity contribution in [1.29, 1.82) is 0 Å². The highest BCUT2D eigenvalue weighted by atomic mass is 19.4. The number of aromatic nitrogens is 1. The van der Waals surface area contributed by atoms with Crippen molar-refractivity contribution < 1.29 is 41.8 Å². The number of benzene rings is 1. The summed E-state index contributed by atoms with van der Waals surface area (Å²) < 4.78 is 58.7. The van der Waals surface area contributed by atoms with Crippen LogP contribution in [0, 0.1) is 5.92 Å². The minimum atomic E-state index is -4.71. The Morgan fingerprint density at radius 3 is 2.46 bits per heavy atom. The van der Waals surface area contributed by atoms with Crippen LogP contribution in [-0.4, -0.2) is 40.8 Å². The molecule has 1 saturated heterocycles. The van der Waals surface area contributed by atoms with Gasteiger partial charge in [0.25, 0.3) is 0 Å². The molecule has 2 aromatic rings. The summed E-state index contributed by atoms with van der Waals surface area (Å²) in [4.78, 5) is 41.2. The van der Waals surface area contributed by atoms with Crippen LogP contribution in [0.25, 0.3) is 0 Å². The van der Waals surface area contributed by atoms with Gasteiger partial charge in [0.15, 0.2) is 0 Å². The fourth-order valence-electron chi connectivity index (χ4n) is 5.48. The van der Waals surface area contributed by atoms with Gasteiger partial charge in [0, 0.05) is 23.9 Å². The van der Waals surface area contributed by atoms with Gasteiger partial charge in [0.05, 0.1) is 23.1 Å². The molecule has 11 nitrogen and oxygen atoms in total. The molecular formula is C34H38F3N5O6. The van der Waals surface area contributed by atoms with E-state index in [2.05, 4.69) is 32.8 Å². The summed E-state index contributed by atoms with van der Waals surface area (Å²) in [5.74, 6) is 1.86. The number of nitrogens with zero attached hydrogens (tertiary/aromatic N) is 1. The van der Waals surface area contributed by atoms with Gasteiger partial charge >= 0.3 is 18.3 Å². The molecule has 3 aliphatic rings. The number of allylic oxidation sites excluding steroid dienone is 4. The number of halogens is 3. The predicted molar refractivity (Wildman–Crippen MR) is 171 cm³/mol. The molecule has 3 atom stereocenters. The average Bonchev–Trinajstić information content (AvgIpc) is 3.51. The van der Waals surface area contributed by atoms with E-state index in [4.69, 9.17) is 14.2 Å². The number of nitrogens with one attached hydrogen (secondary N) is 4. The highest BCUT2D eigenvalue weighted by Gasteiger charge is 2.60. The minimum Gasteiger partial charge on any atom is -0.487 e. The van der Waals surface area contributed by atoms with E-state index in [1.165, 1.54) is 19.9 Å². The summed E-state index contributed by atoms with van der Waals surface area (Å²) in [6, 6.07) is 3.69. The molecule has 0 bridgehead atoms. The zero-order valence-electron chi connectivity index (χ0n) is 27.4. The van der Waals surface area contributed by atoms with E-state index < -0.39 is 41.0 Å². The first-order chi connectivity index (χ1) is 22.3. The Morgan fingerprint density at radius 1 is 1.10 bits per heavy atom. The molecule has 1 aromatic heterocycles. The van der Waals surface area contributed by atoms with Crippen LogP contribution < -0.4 is 26.0 Å². The van der Waals surface area contributed by atoms with Crippen LogP contribution in [-0.2, 0) is 32.4 Å². The fourth-order valence-corrected chi connectivity index (χ4v) is 5.48. The first-order valence-corrected chi connectivity index (χ1v) is 15.3. The largest absolute Gasteiger partial charge is 0.487 e. The Balaban J connectivity index is 1.20. The van der Waals surface area contributed by atoms with Gasteiger partial charge in [-0.3, -0.25) is 4.79 Å². The van der Waals surface area contributed by atoms with Crippen molar-refractivity contribution >= 4 is 29.5 Å². The maximum absolute atomic E-state index is 13.8. The van der Waals surface area contributed by atoms with Gasteiger partial charge in [0.1, 0.15) is 34.8 Å². The number of alkyl carbamates (subject to hydrolysis) is 1. The molecular weight excluding hydrogens is 631 g/mol. The Labute approximate surface area is 276 Å². The number of rotatable bonds is 7. The maximum atomic E-state index is 13.8. The van der Waals surface area contributed by atoms with Crippen LogP contribution in [0.1, 0.15) is 64.7 Å². The number of anilines is 2. The third-order valence-electron chi connectivity index (χ3n) is 7.90. The Hall–Kier alpha value is -5.01. The summed E-state index contributed by atoms with van der Waals surface area (Å²) in [5, 5.41) is 10.6. The number of amides is 4. The molecule has 1 saturated carbocycles. The number of alkyl halides is 3. The van der Waals surface area contributed by atoms with Crippen LogP contribution in [0.5, 0.6) is 5.75 Å². The SMILES string of the molecule is C=C1/C(=C\C=C(/C)Oc2ccnc3c2CCC(=O)N3)O[C@@H]2[C@@H](NC(=O)Nc3cc(C(F)(F)F)cc(C(C)(C)NC(=O)OC(C)(C)C)c3)[C@H]12. The third kappa shape index (κ3) is 7.92. The van der Waals surface area contributed by atoms with Crippen LogP contribution in [0.2, 0.25) is 0 Å². The highest BCUT2D eigenvalue weighted by Crippen LogP contribution is 2.51. The monoisotopic (exact) mass is 669 g/mol. The van der Waals surface area contributed by atoms with Crippen LogP contribution in [0.3, 0.4) is 0 Å². The number of carbonyl (C=O) groups excluding carboxylic acids is 3. The van der Waals surface area contributed by atoms with Crippen LogP contribution in [0.15, 0.2) is 66.3 Å². The van der Waals surface area contributed by atoms with Gasteiger partial charge in [0.2, 0.25) is 5.91 Å². The van der Waals surface area contributed by atoms with E-state index in [0.717, 1.165) is 17.7 Å². The second-order valence-electron chi connectivity index (χ2n) is 13.4. The summed E-state index contributed by atoms with van der Waals surface area (Å²) >= 11 is 0. The van der Waals surface area contributed by atoms with Crippen LogP contribution >= 0.6 is 0 Å². The zero-order valence-corrected chi connectivity index (χ0v) is 27.4. The van der Waals surface area contributed by atoms with E-state index in [0.29, 0.717) is 41.5 Å². The molecule has 0 spiro atoms. The summed E-state index contributed by atoms with van der Waals surface area (Å²) in [6.07, 6.45) is -0.0324. The lowest BCUT2D eigenvalue weighted by Gasteiger charge is -2.30. The molecule has 14 heteroatoms. The topological polar surface area (TPSA) is 140 Å². The number of urea groups is 1. The van der Waals surface area contributed by atoms with Gasteiger partial charge in [-0.25, -0.2) is 14.6 Å². The number of ether oxygens (including phenoxy) is 3. The second-order valence-corrected chi connectivity index (χ2v) is 13.4. The first-order valence-electron chi connectivity index (χ1n) is 15.3. The number of carbonyl (C=O) groups is 3. The first kappa shape index (κ1) is 34.3. The second kappa shape index (κ2) is 12.5. The molecule has 2 aliphatic heterocycles. The lowest BCUT2D eigenvalue weighted by Crippen LogP contribution is -2.44. The van der Waals surface area contributed by atoms with Crippen molar-refractivity contribution in [2.24, 2.45) is 5.92 Å². The van der Waals surface area contributed by atoms with E-state index in [1.807, 2.05) is 0 Å². The Kier molecular flexibility index (Phi) is 8.97. The number of pyridine rings is 1. The van der Waals surface area contributed by atoms with Crippen molar-refractivity contribution in [2.75, 3.05) is 10.6 Å². The third-order valence-corrected chi connectivity index (χ3v) is 7.90. The zero-order chi connectivity index (χ0) is 35.2. The van der Waals surface area contributed by atoms with Crippen molar-refractivity contribution in [3.8, 4) is 5.75 Å². The summed E-state index contributed by atoms with van der Waals surface area (Å²) in [6.45, 7) is 13.9. The Bertz CT molecular complexity index is 1730. The van der Waals surface area contributed by atoms with Gasteiger partial charge in [-0.2, -0.15) is 13.2 Å². The molecule has 48 heavy (non-hydrogen) atoms. The number of fused-ring (bicyclic) bond motifs is 2. The molecule has 2 fully saturated rings. The molecule has 4 amide bonds. The fraction of sp³-hybridized carbons (Fsp3) is 0.412. The molecule has 1 aromatic carbocycles. The smallest absolute Gasteiger partial charge is 0.416 e. The maximum Gasteiger partial charge on any atom is 0.416 e. The lowest BCUT2D eigenvalue weighted by molar-refractivity contribution is -0.137. The lowest BCUT2D eigenvalue weighted by atomic mass is 9.92. The van der Waals surface area contributed by atoms with E-state index >= 15 is 0 Å². The van der Waals surface area contributed by atoms with Gasteiger partial charge < -0.3 is 35.5 Å². The molecule has 5 rings (SSSR count). The molecule has 0 unspecified atom stereocenters. The molecule has 1 aliphatic carbocycles. The van der Waals surface area contributed by atoms with E-state index in [1.54, 1.807) is 52.1 Å². The van der Waals surface area contributed by atoms with Gasteiger partial charge in [-0.05, 0) is 95.5 Å². The van der Waals surface area contributed by atoms with Crippen molar-refractivity contribution in [2.45, 2.75) is 83.8 Å². The van der Waals surface area contributed by atoms with E-state index in [9.17, 15) is 27.6 Å². The summed E-state index contributed by atoms with van der Waals surface area (Å²) in [7, 11) is 0. The van der Waals surface area contributed by atoms with Crippen molar-refractivity contribution in [3.63, 3.8) is 0 Å². The summed E-state index contributed by atoms with van der Waals surface area (Å²) in [5.41, 5.74) is -1.60. The molecule has 4 N–H and O–H groups in total. The number of hydrogen-bond donors (Lipinski definition) is 4. The highest BCUT2D eigenvalue weighted by molar-refractivity contribution is 5.93. The quantitative estimate of drug-likeness (QED) is 0.241. The van der Waals surface area contributed by atoms with Crippen molar-refractivity contribution in [3.05, 3.63) is 83.0 Å². The van der Waals surface area contributed by atoms with Gasteiger partial charge in [-0.15, -0.1) is 0 Å². The minimum absolute atomic E-state index is 0.0941. The van der Waals surface area contributed by atoms with Crippen molar-refractivity contribution in [1.82, 2.24) is 15.6 Å². The molecule has 0 radical (unpaired) electrons. The molecule has 3 heterocycles. The Morgan fingerprint density at radius 2 is 1.81 bits per heavy atom. The van der Waals surface area contributed by atoms with Gasteiger partial charge in [-0.1, -0.05) is 6.58 Å². The van der Waals surface area contributed by atoms with Crippen LogP contribution in [0.4, 0.5) is 34.3 Å². The normalized spacial score (nSPS) is 21.4. The predicted octanol–water partition coefficient (Wildman–Crippen LogP) is 6.69.